The molecule has 198 valence electrons. The molecule has 4 aliphatic rings. The van der Waals surface area contributed by atoms with E-state index in [-0.39, 0.29) is 35.5 Å². The van der Waals surface area contributed by atoms with E-state index >= 15 is 0 Å². The molecule has 2 saturated heterocycles. The molecule has 3 atom stereocenters. The second-order valence-corrected chi connectivity index (χ2v) is 11.1. The molecule has 8 nitrogen and oxygen atoms in total. The second-order valence-electron chi connectivity index (χ2n) is 11.1. The molecule has 0 aromatic heterocycles. The maximum Gasteiger partial charge on any atom is 0.407 e. The SMILES string of the molecule is CN(C)C(=O)N1CC2(CCN(C3CCCCC(NC(=O)O[C@H]4CCOC4)C3)CC2)c2cc(F)ccc21. The van der Waals surface area contributed by atoms with Crippen molar-refractivity contribution < 1.29 is 23.5 Å². The Balaban J connectivity index is 1.23. The molecule has 1 aromatic carbocycles. The minimum absolute atomic E-state index is 0.0594. The number of hydrogen-bond acceptors (Lipinski definition) is 5. The number of rotatable bonds is 3. The van der Waals surface area contributed by atoms with Gasteiger partial charge in [0.05, 0.1) is 13.2 Å². The third-order valence-electron chi connectivity index (χ3n) is 8.55. The molecule has 1 spiro atoms. The van der Waals surface area contributed by atoms with E-state index in [0.717, 1.165) is 75.7 Å². The van der Waals surface area contributed by atoms with E-state index in [1.807, 2.05) is 4.90 Å². The summed E-state index contributed by atoms with van der Waals surface area (Å²) in [6, 6.07) is 5.30. The number of anilines is 1. The summed E-state index contributed by atoms with van der Waals surface area (Å²) in [6.07, 6.45) is 7.33. The predicted molar refractivity (Wildman–Crippen MR) is 135 cm³/mol. The first-order valence-electron chi connectivity index (χ1n) is 13.4. The summed E-state index contributed by atoms with van der Waals surface area (Å²) < 4.78 is 25.1. The Morgan fingerprint density at radius 2 is 1.94 bits per heavy atom. The van der Waals surface area contributed by atoms with Crippen molar-refractivity contribution in [2.24, 2.45) is 0 Å². The number of ether oxygens (including phenoxy) is 2. The third-order valence-corrected chi connectivity index (χ3v) is 8.55. The maximum absolute atomic E-state index is 14.3. The molecule has 2 unspecified atom stereocenters. The molecular weight excluding hydrogens is 463 g/mol. The topological polar surface area (TPSA) is 74.4 Å². The lowest BCUT2D eigenvalue weighted by Gasteiger charge is -2.43. The minimum atomic E-state index is -0.330. The van der Waals surface area contributed by atoms with Crippen LogP contribution in [0.3, 0.4) is 0 Å². The summed E-state index contributed by atoms with van der Waals surface area (Å²) in [5.41, 5.74) is 1.60. The Morgan fingerprint density at radius 1 is 1.17 bits per heavy atom. The summed E-state index contributed by atoms with van der Waals surface area (Å²) in [7, 11) is 3.51. The van der Waals surface area contributed by atoms with Crippen molar-refractivity contribution in [3.8, 4) is 0 Å². The van der Waals surface area contributed by atoms with Crippen LogP contribution >= 0.6 is 0 Å². The molecule has 36 heavy (non-hydrogen) atoms. The van der Waals surface area contributed by atoms with Gasteiger partial charge in [0.1, 0.15) is 11.9 Å². The van der Waals surface area contributed by atoms with E-state index in [9.17, 15) is 14.0 Å². The quantitative estimate of drug-likeness (QED) is 0.635. The zero-order chi connectivity index (χ0) is 25.3. The molecule has 1 saturated carbocycles. The maximum atomic E-state index is 14.3. The van der Waals surface area contributed by atoms with E-state index in [1.165, 1.54) is 6.07 Å². The molecule has 9 heteroatoms. The molecule has 1 aliphatic carbocycles. The van der Waals surface area contributed by atoms with E-state index in [0.29, 0.717) is 25.8 Å². The molecule has 3 amide bonds. The lowest BCUT2D eigenvalue weighted by molar-refractivity contribution is 0.0768. The van der Waals surface area contributed by atoms with Gasteiger partial charge in [0.2, 0.25) is 0 Å². The van der Waals surface area contributed by atoms with Crippen LogP contribution in [0.25, 0.3) is 0 Å². The van der Waals surface area contributed by atoms with Crippen molar-refractivity contribution in [1.82, 2.24) is 15.1 Å². The van der Waals surface area contributed by atoms with Crippen LogP contribution in [0.15, 0.2) is 18.2 Å². The van der Waals surface area contributed by atoms with Gasteiger partial charge in [0.25, 0.3) is 0 Å². The van der Waals surface area contributed by atoms with Crippen LogP contribution in [-0.2, 0) is 14.9 Å². The monoisotopic (exact) mass is 502 g/mol. The number of piperidine rings is 1. The largest absolute Gasteiger partial charge is 0.444 e. The first-order chi connectivity index (χ1) is 17.3. The van der Waals surface area contributed by atoms with Gasteiger partial charge in [-0.05, 0) is 69.0 Å². The van der Waals surface area contributed by atoms with Crippen molar-refractivity contribution in [3.05, 3.63) is 29.6 Å². The van der Waals surface area contributed by atoms with Crippen molar-refractivity contribution in [2.45, 2.75) is 75.0 Å². The minimum Gasteiger partial charge on any atom is -0.444 e. The van der Waals surface area contributed by atoms with Gasteiger partial charge in [-0.25, -0.2) is 14.0 Å². The summed E-state index contributed by atoms with van der Waals surface area (Å²) >= 11 is 0. The third kappa shape index (κ3) is 5.18. The summed E-state index contributed by atoms with van der Waals surface area (Å²) in [6.45, 7) is 3.55. The molecule has 3 fully saturated rings. The Kier molecular flexibility index (Phi) is 7.40. The Bertz CT molecular complexity index is 959. The number of urea groups is 1. The Morgan fingerprint density at radius 3 is 2.67 bits per heavy atom. The molecule has 3 heterocycles. The van der Waals surface area contributed by atoms with Gasteiger partial charge >= 0.3 is 12.1 Å². The molecule has 5 rings (SSSR count). The van der Waals surface area contributed by atoms with Crippen molar-refractivity contribution in [3.63, 3.8) is 0 Å². The molecule has 3 aliphatic heterocycles. The smallest absolute Gasteiger partial charge is 0.407 e. The number of nitrogens with one attached hydrogen (secondary N) is 1. The molecule has 0 bridgehead atoms. The normalized spacial score (nSPS) is 28.0. The number of halogens is 1. The van der Waals surface area contributed by atoms with Crippen LogP contribution in [-0.4, -0.2) is 87.1 Å². The second kappa shape index (κ2) is 10.5. The number of likely N-dealkylation sites (tertiary alicyclic amines) is 1. The van der Waals surface area contributed by atoms with Gasteiger partial charge in [-0.15, -0.1) is 0 Å². The fourth-order valence-electron chi connectivity index (χ4n) is 6.55. The average molecular weight is 503 g/mol. The van der Waals surface area contributed by atoms with Gasteiger partial charge in [-0.3, -0.25) is 4.90 Å². The van der Waals surface area contributed by atoms with Crippen molar-refractivity contribution in [2.75, 3.05) is 51.8 Å². The average Bonchev–Trinajstić information content (AvgIpc) is 3.39. The van der Waals surface area contributed by atoms with Crippen LogP contribution in [0.4, 0.5) is 19.7 Å². The van der Waals surface area contributed by atoms with Crippen molar-refractivity contribution >= 4 is 17.8 Å². The zero-order valence-corrected chi connectivity index (χ0v) is 21.5. The highest BCUT2D eigenvalue weighted by Gasteiger charge is 2.47. The highest BCUT2D eigenvalue weighted by atomic mass is 19.1. The van der Waals surface area contributed by atoms with Gasteiger partial charge in [0, 0.05) is 50.2 Å². The zero-order valence-electron chi connectivity index (χ0n) is 21.5. The predicted octanol–water partition coefficient (Wildman–Crippen LogP) is 3.88. The number of benzene rings is 1. The fraction of sp³-hybridized carbons (Fsp3) is 0.704. The van der Waals surface area contributed by atoms with Crippen LogP contribution in [0.1, 0.15) is 56.9 Å². The highest BCUT2D eigenvalue weighted by molar-refractivity contribution is 5.95. The van der Waals surface area contributed by atoms with Gasteiger partial charge in [-0.1, -0.05) is 12.8 Å². The fourth-order valence-corrected chi connectivity index (χ4v) is 6.55. The van der Waals surface area contributed by atoms with Crippen LogP contribution in [0.2, 0.25) is 0 Å². The summed E-state index contributed by atoms with van der Waals surface area (Å²) in [5.74, 6) is -0.247. The summed E-state index contributed by atoms with van der Waals surface area (Å²) in [4.78, 5) is 31.3. The van der Waals surface area contributed by atoms with Gasteiger partial charge in [-0.2, -0.15) is 0 Å². The van der Waals surface area contributed by atoms with E-state index in [1.54, 1.807) is 31.1 Å². The molecule has 0 radical (unpaired) electrons. The van der Waals surface area contributed by atoms with E-state index in [2.05, 4.69) is 10.2 Å². The Hall–Kier alpha value is -2.39. The van der Waals surface area contributed by atoms with E-state index in [4.69, 9.17) is 9.47 Å². The number of hydrogen-bond donors (Lipinski definition) is 1. The number of nitrogens with zero attached hydrogens (tertiary/aromatic N) is 3. The van der Waals surface area contributed by atoms with Crippen LogP contribution < -0.4 is 10.2 Å². The number of fused-ring (bicyclic) bond motifs is 2. The first-order valence-corrected chi connectivity index (χ1v) is 13.4. The lowest BCUT2D eigenvalue weighted by atomic mass is 9.74. The standard InChI is InChI=1S/C27H39FN4O4/c1-30(2)26(34)32-18-27(23-15-19(28)7-8-24(23)32)10-12-31(13-11-27)21-6-4-3-5-20(16-21)29-25(33)36-22-9-14-35-17-22/h7-8,15,20-22H,3-6,9-14,16-18H2,1-2H3,(H,29,33)/t20?,21?,22-/m0/s1. The highest BCUT2D eigenvalue weighted by Crippen LogP contribution is 2.48. The number of carbonyl (C=O) groups excluding carboxylic acids is 2. The summed E-state index contributed by atoms with van der Waals surface area (Å²) in [5, 5.41) is 3.12. The number of carbonyl (C=O) groups is 2. The van der Waals surface area contributed by atoms with Crippen LogP contribution in [0, 0.1) is 5.82 Å². The molecule has 1 aromatic rings. The number of amides is 3. The lowest BCUT2D eigenvalue weighted by Crippen LogP contribution is -2.51. The van der Waals surface area contributed by atoms with Gasteiger partial charge < -0.3 is 24.6 Å². The molecule has 1 N–H and O–H groups in total. The van der Waals surface area contributed by atoms with Crippen molar-refractivity contribution in [1.29, 1.82) is 0 Å². The van der Waals surface area contributed by atoms with E-state index < -0.39 is 0 Å². The van der Waals surface area contributed by atoms with Gasteiger partial charge in [0.15, 0.2) is 0 Å². The Labute approximate surface area is 213 Å². The first kappa shape index (κ1) is 25.3. The number of alkyl carbamates (subject to hydrolysis) is 1. The van der Waals surface area contributed by atoms with Crippen LogP contribution in [0.5, 0.6) is 0 Å². The molecular formula is C27H39FN4O4.